The molecule has 0 aliphatic heterocycles. The molecular formula is C11H19N3O. The summed E-state index contributed by atoms with van der Waals surface area (Å²) in [6.45, 7) is 4.52. The van der Waals surface area contributed by atoms with Crippen molar-refractivity contribution in [1.82, 2.24) is 4.98 Å². The molecule has 0 aliphatic rings. The highest BCUT2D eigenvalue weighted by Crippen LogP contribution is 2.13. The first-order valence-corrected chi connectivity index (χ1v) is 5.02. The molecule has 0 atom stereocenters. The lowest BCUT2D eigenvalue weighted by atomic mass is 10.1. The van der Waals surface area contributed by atoms with Crippen LogP contribution in [-0.2, 0) is 6.54 Å². The van der Waals surface area contributed by atoms with Crippen LogP contribution in [0.4, 0.5) is 5.82 Å². The zero-order valence-electron chi connectivity index (χ0n) is 9.57. The van der Waals surface area contributed by atoms with E-state index < -0.39 is 5.60 Å². The van der Waals surface area contributed by atoms with Crippen LogP contribution in [0.3, 0.4) is 0 Å². The molecule has 1 aromatic rings. The summed E-state index contributed by atoms with van der Waals surface area (Å²) in [6.07, 6.45) is 0. The van der Waals surface area contributed by atoms with Gasteiger partial charge in [0.15, 0.2) is 0 Å². The van der Waals surface area contributed by atoms with Crippen LogP contribution in [0.25, 0.3) is 0 Å². The van der Waals surface area contributed by atoms with Crippen LogP contribution in [-0.4, -0.2) is 29.3 Å². The van der Waals surface area contributed by atoms with Crippen LogP contribution < -0.4 is 10.6 Å². The Labute approximate surface area is 90.7 Å². The molecule has 1 aromatic heterocycles. The number of rotatable bonds is 4. The fourth-order valence-electron chi connectivity index (χ4n) is 1.45. The third kappa shape index (κ3) is 3.85. The van der Waals surface area contributed by atoms with Gasteiger partial charge in [-0.15, -0.1) is 0 Å². The van der Waals surface area contributed by atoms with E-state index in [2.05, 4.69) is 4.98 Å². The molecule has 0 spiro atoms. The van der Waals surface area contributed by atoms with Gasteiger partial charge >= 0.3 is 0 Å². The molecule has 0 saturated carbocycles. The van der Waals surface area contributed by atoms with E-state index in [-0.39, 0.29) is 0 Å². The van der Waals surface area contributed by atoms with Gasteiger partial charge in [0.1, 0.15) is 5.82 Å². The van der Waals surface area contributed by atoms with Gasteiger partial charge in [0.25, 0.3) is 0 Å². The lowest BCUT2D eigenvalue weighted by molar-refractivity contribution is 0.0884. The Bertz CT molecular complexity index is 320. The molecule has 84 valence electrons. The number of hydrogen-bond acceptors (Lipinski definition) is 4. The van der Waals surface area contributed by atoms with Gasteiger partial charge in [0, 0.05) is 20.1 Å². The third-order valence-electron chi connectivity index (χ3n) is 2.02. The fraction of sp³-hybridized carbons (Fsp3) is 0.545. The van der Waals surface area contributed by atoms with Crippen molar-refractivity contribution in [1.29, 1.82) is 0 Å². The van der Waals surface area contributed by atoms with E-state index >= 15 is 0 Å². The van der Waals surface area contributed by atoms with Crippen molar-refractivity contribution in [2.45, 2.75) is 26.0 Å². The van der Waals surface area contributed by atoms with Crippen molar-refractivity contribution >= 4 is 5.82 Å². The maximum Gasteiger partial charge on any atom is 0.128 e. The Hall–Kier alpha value is -1.13. The summed E-state index contributed by atoms with van der Waals surface area (Å²) in [5.74, 6) is 0.833. The van der Waals surface area contributed by atoms with Crippen LogP contribution in [0, 0.1) is 0 Å². The average molecular weight is 209 g/mol. The van der Waals surface area contributed by atoms with Gasteiger partial charge in [-0.2, -0.15) is 0 Å². The first-order chi connectivity index (χ1) is 6.92. The second-order valence-corrected chi connectivity index (χ2v) is 4.36. The monoisotopic (exact) mass is 209 g/mol. The zero-order chi connectivity index (χ0) is 11.5. The van der Waals surface area contributed by atoms with Crippen molar-refractivity contribution in [3.8, 4) is 0 Å². The van der Waals surface area contributed by atoms with E-state index in [0.29, 0.717) is 13.1 Å². The number of aromatic nitrogens is 1. The molecule has 3 N–H and O–H groups in total. The van der Waals surface area contributed by atoms with E-state index in [1.54, 1.807) is 13.8 Å². The van der Waals surface area contributed by atoms with E-state index in [1.807, 2.05) is 30.1 Å². The molecule has 1 heterocycles. The second kappa shape index (κ2) is 4.59. The highest BCUT2D eigenvalue weighted by atomic mass is 16.3. The average Bonchev–Trinajstić information content (AvgIpc) is 2.15. The molecule has 15 heavy (non-hydrogen) atoms. The first-order valence-electron chi connectivity index (χ1n) is 5.02. The number of hydrogen-bond donors (Lipinski definition) is 2. The molecule has 0 saturated heterocycles. The molecule has 0 radical (unpaired) electrons. The van der Waals surface area contributed by atoms with Crippen molar-refractivity contribution in [3.05, 3.63) is 23.9 Å². The van der Waals surface area contributed by atoms with Gasteiger partial charge in [0.05, 0.1) is 11.3 Å². The van der Waals surface area contributed by atoms with E-state index in [9.17, 15) is 5.11 Å². The van der Waals surface area contributed by atoms with E-state index in [4.69, 9.17) is 5.73 Å². The normalized spacial score (nSPS) is 11.5. The van der Waals surface area contributed by atoms with E-state index in [1.165, 1.54) is 0 Å². The number of anilines is 1. The summed E-state index contributed by atoms with van der Waals surface area (Å²) < 4.78 is 0. The number of nitrogens with zero attached hydrogens (tertiary/aromatic N) is 2. The summed E-state index contributed by atoms with van der Waals surface area (Å²) in [6, 6.07) is 5.72. The maximum absolute atomic E-state index is 9.68. The number of likely N-dealkylation sites (N-methyl/N-ethyl adjacent to an activating group) is 1. The Balaban J connectivity index is 2.77. The summed E-state index contributed by atoms with van der Waals surface area (Å²) in [5.41, 5.74) is 5.65. The zero-order valence-corrected chi connectivity index (χ0v) is 9.57. The Morgan fingerprint density at radius 2 is 2.13 bits per heavy atom. The highest BCUT2D eigenvalue weighted by molar-refractivity contribution is 5.38. The van der Waals surface area contributed by atoms with Crippen molar-refractivity contribution < 1.29 is 5.11 Å². The quantitative estimate of drug-likeness (QED) is 0.768. The van der Waals surface area contributed by atoms with Crippen molar-refractivity contribution in [2.24, 2.45) is 5.73 Å². The molecule has 0 bridgehead atoms. The topological polar surface area (TPSA) is 62.4 Å². The lowest BCUT2D eigenvalue weighted by Crippen LogP contribution is -2.36. The van der Waals surface area contributed by atoms with Gasteiger partial charge in [-0.1, -0.05) is 6.07 Å². The molecule has 0 aliphatic carbocycles. The van der Waals surface area contributed by atoms with Crippen LogP contribution in [0.15, 0.2) is 18.2 Å². The molecule has 4 heteroatoms. The highest BCUT2D eigenvalue weighted by Gasteiger charge is 2.16. The van der Waals surface area contributed by atoms with Crippen LogP contribution >= 0.6 is 0 Å². The van der Waals surface area contributed by atoms with Crippen LogP contribution in [0.1, 0.15) is 19.5 Å². The summed E-state index contributed by atoms with van der Waals surface area (Å²) >= 11 is 0. The van der Waals surface area contributed by atoms with E-state index in [0.717, 1.165) is 11.5 Å². The van der Waals surface area contributed by atoms with Crippen LogP contribution in [0.5, 0.6) is 0 Å². The van der Waals surface area contributed by atoms with Crippen molar-refractivity contribution in [2.75, 3.05) is 18.5 Å². The van der Waals surface area contributed by atoms with Crippen LogP contribution in [0.2, 0.25) is 0 Å². The van der Waals surface area contributed by atoms with Gasteiger partial charge in [-0.05, 0) is 26.0 Å². The first kappa shape index (κ1) is 11.9. The molecule has 1 rings (SSSR count). The second-order valence-electron chi connectivity index (χ2n) is 4.36. The molecule has 0 amide bonds. The smallest absolute Gasteiger partial charge is 0.128 e. The number of pyridine rings is 1. The third-order valence-corrected chi connectivity index (χ3v) is 2.02. The Morgan fingerprint density at radius 3 is 2.67 bits per heavy atom. The molecule has 4 nitrogen and oxygen atoms in total. The minimum Gasteiger partial charge on any atom is -0.389 e. The van der Waals surface area contributed by atoms with Gasteiger partial charge in [0.2, 0.25) is 0 Å². The van der Waals surface area contributed by atoms with Gasteiger partial charge in [-0.25, -0.2) is 4.98 Å². The minimum absolute atomic E-state index is 0.435. The van der Waals surface area contributed by atoms with Crippen molar-refractivity contribution in [3.63, 3.8) is 0 Å². The van der Waals surface area contributed by atoms with Gasteiger partial charge in [-0.3, -0.25) is 0 Å². The predicted molar refractivity (Wildman–Crippen MR) is 61.7 cm³/mol. The Morgan fingerprint density at radius 1 is 1.47 bits per heavy atom. The summed E-state index contributed by atoms with van der Waals surface area (Å²) in [5, 5.41) is 9.68. The molecule has 0 unspecified atom stereocenters. The summed E-state index contributed by atoms with van der Waals surface area (Å²) in [4.78, 5) is 6.28. The SMILES string of the molecule is CN(CC(C)(C)O)c1cccc(CN)n1. The molecular weight excluding hydrogens is 190 g/mol. The predicted octanol–water partition coefficient (Wildman–Crippen LogP) is 0.747. The van der Waals surface area contributed by atoms with Gasteiger partial charge < -0.3 is 15.7 Å². The number of aliphatic hydroxyl groups is 1. The summed E-state index contributed by atoms with van der Waals surface area (Å²) in [7, 11) is 1.90. The fourth-order valence-corrected chi connectivity index (χ4v) is 1.45. The largest absolute Gasteiger partial charge is 0.389 e. The maximum atomic E-state index is 9.68. The lowest BCUT2D eigenvalue weighted by Gasteiger charge is -2.26. The number of nitrogens with two attached hydrogens (primary N) is 1. The molecule has 0 aromatic carbocycles. The standard InChI is InChI=1S/C11H19N3O/c1-11(2,15)8-14(3)10-6-4-5-9(7-12)13-10/h4-6,15H,7-8,12H2,1-3H3. The Kier molecular flexibility index (Phi) is 3.66. The molecule has 0 fully saturated rings. The minimum atomic E-state index is -0.727.